The van der Waals surface area contributed by atoms with Crippen LogP contribution >= 0.6 is 0 Å². The van der Waals surface area contributed by atoms with Crippen molar-refractivity contribution in [3.63, 3.8) is 0 Å². The van der Waals surface area contributed by atoms with E-state index in [9.17, 15) is 26.7 Å². The lowest BCUT2D eigenvalue weighted by Gasteiger charge is -2.14. The third kappa shape index (κ3) is 4.11. The lowest BCUT2D eigenvalue weighted by molar-refractivity contribution is -0.143. The molecule has 9 heteroatoms. The molecule has 114 valence electrons. The van der Waals surface area contributed by atoms with E-state index in [2.05, 4.69) is 9.72 Å². The lowest BCUT2D eigenvalue weighted by atomic mass is 10.0. The van der Waals surface area contributed by atoms with E-state index in [-0.39, 0.29) is 6.61 Å². The zero-order valence-electron chi connectivity index (χ0n) is 10.7. The third-order valence-electron chi connectivity index (χ3n) is 2.39. The van der Waals surface area contributed by atoms with Crippen LogP contribution in [0.3, 0.4) is 0 Å². The predicted octanol–water partition coefficient (Wildman–Crippen LogP) is 3.02. The van der Waals surface area contributed by atoms with E-state index in [0.29, 0.717) is 6.07 Å². The van der Waals surface area contributed by atoms with Crippen molar-refractivity contribution in [2.24, 2.45) is 0 Å². The molecule has 0 unspecified atom stereocenters. The Balaban J connectivity index is 3.38. The molecule has 21 heavy (non-hydrogen) atoms. The van der Waals surface area contributed by atoms with Crippen molar-refractivity contribution in [1.82, 2.24) is 4.98 Å². The van der Waals surface area contributed by atoms with Gasteiger partial charge < -0.3 is 4.74 Å². The molecule has 0 N–H and O–H groups in total. The van der Waals surface area contributed by atoms with Crippen LogP contribution < -0.4 is 0 Å². The smallest absolute Gasteiger partial charge is 0.418 e. The number of aromatic nitrogens is 1. The van der Waals surface area contributed by atoms with Gasteiger partial charge in [0.25, 0.3) is 6.43 Å². The van der Waals surface area contributed by atoms with Crippen molar-refractivity contribution in [2.75, 3.05) is 6.61 Å². The molecule has 0 saturated heterocycles. The molecular formula is C12H9F5N2O2. The quantitative estimate of drug-likeness (QED) is 0.633. The number of rotatable bonds is 4. The largest absolute Gasteiger partial charge is 0.466 e. The van der Waals surface area contributed by atoms with Crippen LogP contribution in [0.4, 0.5) is 22.0 Å². The van der Waals surface area contributed by atoms with Gasteiger partial charge in [-0.3, -0.25) is 4.79 Å². The Morgan fingerprint density at radius 1 is 1.48 bits per heavy atom. The molecular weight excluding hydrogens is 299 g/mol. The van der Waals surface area contributed by atoms with Crippen molar-refractivity contribution >= 4 is 5.97 Å². The normalized spacial score (nSPS) is 11.3. The molecule has 0 radical (unpaired) electrons. The molecule has 0 aliphatic heterocycles. The first-order chi connectivity index (χ1) is 9.70. The molecule has 1 aromatic heterocycles. The van der Waals surface area contributed by atoms with Gasteiger partial charge >= 0.3 is 12.1 Å². The molecule has 0 atom stereocenters. The molecule has 0 saturated carbocycles. The van der Waals surface area contributed by atoms with E-state index in [1.54, 1.807) is 0 Å². The minimum atomic E-state index is -5.07. The summed E-state index contributed by atoms with van der Waals surface area (Å²) in [5.41, 5.74) is -4.28. The Hall–Kier alpha value is -2.24. The average molecular weight is 308 g/mol. The van der Waals surface area contributed by atoms with E-state index in [0.717, 1.165) is 0 Å². The van der Waals surface area contributed by atoms with Gasteiger partial charge in [-0.15, -0.1) is 0 Å². The second kappa shape index (κ2) is 6.47. The number of esters is 1. The summed E-state index contributed by atoms with van der Waals surface area (Å²) < 4.78 is 68.0. The maximum Gasteiger partial charge on any atom is 0.418 e. The SMILES string of the molecule is CCOC(=O)Cc1cc(C(F)(F)F)c(C(F)F)nc1C#N. The zero-order valence-corrected chi connectivity index (χ0v) is 10.7. The van der Waals surface area contributed by atoms with Crippen molar-refractivity contribution in [3.8, 4) is 6.07 Å². The highest BCUT2D eigenvalue weighted by Gasteiger charge is 2.38. The number of ether oxygens (including phenoxy) is 1. The fourth-order valence-electron chi connectivity index (χ4n) is 1.56. The number of halogens is 5. The topological polar surface area (TPSA) is 63.0 Å². The van der Waals surface area contributed by atoms with Crippen molar-refractivity contribution in [2.45, 2.75) is 25.9 Å². The molecule has 4 nitrogen and oxygen atoms in total. The zero-order chi connectivity index (χ0) is 16.2. The summed E-state index contributed by atoms with van der Waals surface area (Å²) in [6.45, 7) is 1.48. The first kappa shape index (κ1) is 16.8. The molecule has 1 rings (SSSR count). The molecule has 0 bridgehead atoms. The van der Waals surface area contributed by atoms with Gasteiger partial charge in [-0.2, -0.15) is 18.4 Å². The summed E-state index contributed by atoms with van der Waals surface area (Å²) in [6.07, 6.45) is -9.22. The van der Waals surface area contributed by atoms with Gasteiger partial charge in [0, 0.05) is 5.56 Å². The molecule has 0 amide bonds. The van der Waals surface area contributed by atoms with Gasteiger partial charge in [-0.25, -0.2) is 13.8 Å². The average Bonchev–Trinajstić information content (AvgIpc) is 2.37. The summed E-state index contributed by atoms with van der Waals surface area (Å²) >= 11 is 0. The summed E-state index contributed by atoms with van der Waals surface area (Å²) in [4.78, 5) is 14.3. The van der Waals surface area contributed by atoms with Crippen LogP contribution in [0.5, 0.6) is 0 Å². The summed E-state index contributed by atoms with van der Waals surface area (Å²) in [6, 6.07) is 1.73. The highest BCUT2D eigenvalue weighted by atomic mass is 19.4. The molecule has 0 aromatic carbocycles. The first-order valence-corrected chi connectivity index (χ1v) is 5.65. The number of pyridine rings is 1. The maximum atomic E-state index is 12.7. The standard InChI is InChI=1S/C12H9F5N2O2/c1-2-21-9(20)4-6-3-7(12(15,16)17)10(11(13)14)19-8(6)5-18/h3,11H,2,4H2,1H3. The van der Waals surface area contributed by atoms with Crippen LogP contribution in [-0.2, 0) is 22.1 Å². The molecule has 0 fully saturated rings. The number of nitriles is 1. The van der Waals surface area contributed by atoms with Gasteiger partial charge in [-0.05, 0) is 13.0 Å². The molecule has 0 spiro atoms. The van der Waals surface area contributed by atoms with Crippen LogP contribution in [0.2, 0.25) is 0 Å². The second-order valence-corrected chi connectivity index (χ2v) is 3.82. The van der Waals surface area contributed by atoms with Gasteiger partial charge in [0.05, 0.1) is 18.6 Å². The van der Waals surface area contributed by atoms with Crippen LogP contribution in [-0.4, -0.2) is 17.6 Å². The second-order valence-electron chi connectivity index (χ2n) is 3.82. The summed E-state index contributed by atoms with van der Waals surface area (Å²) in [7, 11) is 0. The molecule has 1 aromatic rings. The van der Waals surface area contributed by atoms with Crippen LogP contribution in [0.15, 0.2) is 6.07 Å². The highest BCUT2D eigenvalue weighted by molar-refractivity contribution is 5.73. The Kier molecular flexibility index (Phi) is 5.18. The van der Waals surface area contributed by atoms with E-state index in [1.165, 1.54) is 13.0 Å². The third-order valence-corrected chi connectivity index (χ3v) is 2.39. The minimum Gasteiger partial charge on any atom is -0.466 e. The van der Waals surface area contributed by atoms with E-state index >= 15 is 0 Å². The van der Waals surface area contributed by atoms with Crippen LogP contribution in [0, 0.1) is 11.3 Å². The predicted molar refractivity (Wildman–Crippen MR) is 59.2 cm³/mol. The Morgan fingerprint density at radius 2 is 2.10 bits per heavy atom. The fourth-order valence-corrected chi connectivity index (χ4v) is 1.56. The van der Waals surface area contributed by atoms with E-state index in [4.69, 9.17) is 5.26 Å². The monoisotopic (exact) mass is 308 g/mol. The van der Waals surface area contributed by atoms with E-state index in [1.807, 2.05) is 0 Å². The van der Waals surface area contributed by atoms with Crippen molar-refractivity contribution in [3.05, 3.63) is 28.6 Å². The number of carbonyl (C=O) groups is 1. The summed E-state index contributed by atoms with van der Waals surface area (Å²) in [5, 5.41) is 8.77. The number of hydrogen-bond acceptors (Lipinski definition) is 4. The van der Waals surface area contributed by atoms with Crippen molar-refractivity contribution < 1.29 is 31.5 Å². The molecule has 0 aliphatic rings. The Morgan fingerprint density at radius 3 is 2.52 bits per heavy atom. The molecule has 1 heterocycles. The molecule has 0 aliphatic carbocycles. The van der Waals surface area contributed by atoms with Crippen LogP contribution in [0.1, 0.15) is 35.9 Å². The number of carbonyl (C=O) groups excluding carboxylic acids is 1. The lowest BCUT2D eigenvalue weighted by Crippen LogP contribution is -2.16. The number of alkyl halides is 5. The van der Waals surface area contributed by atoms with E-state index < -0.39 is 47.5 Å². The van der Waals surface area contributed by atoms with Crippen molar-refractivity contribution in [1.29, 1.82) is 5.26 Å². The Labute approximate surface area is 116 Å². The van der Waals surface area contributed by atoms with Gasteiger partial charge in [0.15, 0.2) is 0 Å². The highest BCUT2D eigenvalue weighted by Crippen LogP contribution is 2.36. The summed E-state index contributed by atoms with van der Waals surface area (Å²) in [5.74, 6) is -0.881. The maximum absolute atomic E-state index is 12.7. The fraction of sp³-hybridized carbons (Fsp3) is 0.417. The van der Waals surface area contributed by atoms with Gasteiger partial charge in [-0.1, -0.05) is 0 Å². The van der Waals surface area contributed by atoms with Gasteiger partial charge in [0.1, 0.15) is 17.5 Å². The first-order valence-electron chi connectivity index (χ1n) is 5.65. The van der Waals surface area contributed by atoms with Crippen LogP contribution in [0.25, 0.3) is 0 Å². The minimum absolute atomic E-state index is 0.00457. The number of hydrogen-bond donors (Lipinski definition) is 0. The Bertz CT molecular complexity index is 578. The van der Waals surface area contributed by atoms with Gasteiger partial charge in [0.2, 0.25) is 0 Å². The number of nitrogens with zero attached hydrogens (tertiary/aromatic N) is 2.